The summed E-state index contributed by atoms with van der Waals surface area (Å²) in [4.78, 5) is 26.6. The van der Waals surface area contributed by atoms with Crippen LogP contribution in [-0.4, -0.2) is 30.6 Å². The van der Waals surface area contributed by atoms with Gasteiger partial charge in [-0.15, -0.1) is 0 Å². The smallest absolute Gasteiger partial charge is 0.341 e. The van der Waals surface area contributed by atoms with Gasteiger partial charge in [0.15, 0.2) is 0 Å². The Labute approximate surface area is 118 Å². The van der Waals surface area contributed by atoms with Gasteiger partial charge in [-0.25, -0.2) is 4.79 Å². The van der Waals surface area contributed by atoms with E-state index in [0.29, 0.717) is 6.54 Å². The molecule has 1 unspecified atom stereocenters. The largest absolute Gasteiger partial charge is 0.464 e. The van der Waals surface area contributed by atoms with E-state index in [4.69, 9.17) is 4.74 Å². The average Bonchev–Trinajstić information content (AvgIpc) is 2.44. The van der Waals surface area contributed by atoms with Crippen molar-refractivity contribution in [1.82, 2.24) is 0 Å². The molecule has 0 saturated carbocycles. The molecule has 0 aromatic heterocycles. The Kier molecular flexibility index (Phi) is 3.97. The second-order valence-corrected chi connectivity index (χ2v) is 4.92. The number of fused-ring (bicyclic) bond motifs is 1. The number of rotatable bonds is 4. The molecule has 5 heteroatoms. The van der Waals surface area contributed by atoms with Crippen molar-refractivity contribution in [3.05, 3.63) is 24.3 Å². The Morgan fingerprint density at radius 2 is 2.05 bits per heavy atom. The molecule has 1 aliphatic rings. The van der Waals surface area contributed by atoms with Gasteiger partial charge >= 0.3 is 5.97 Å². The fourth-order valence-corrected chi connectivity index (χ4v) is 2.46. The molecule has 5 nitrogen and oxygen atoms in total. The second-order valence-electron chi connectivity index (χ2n) is 4.92. The van der Waals surface area contributed by atoms with Gasteiger partial charge in [-0.3, -0.25) is 4.79 Å². The molecule has 0 saturated heterocycles. The average molecular weight is 276 g/mol. The van der Waals surface area contributed by atoms with Crippen molar-refractivity contribution >= 4 is 23.3 Å². The molecule has 1 atom stereocenters. The van der Waals surface area contributed by atoms with Crippen molar-refractivity contribution in [3.8, 4) is 0 Å². The standard InChI is InChI=1S/C15H20N2O3/c1-4-10-17-12-9-7-6-8-11(12)16-13(18)15(17,3)14(19)20-5-2/h6-9H,4-5,10H2,1-3H3,(H,16,18). The Morgan fingerprint density at radius 3 is 2.70 bits per heavy atom. The van der Waals surface area contributed by atoms with Crippen molar-refractivity contribution in [2.75, 3.05) is 23.4 Å². The van der Waals surface area contributed by atoms with Gasteiger partial charge in [-0.2, -0.15) is 0 Å². The van der Waals surface area contributed by atoms with E-state index >= 15 is 0 Å². The molecule has 0 spiro atoms. The van der Waals surface area contributed by atoms with Crippen LogP contribution in [0.15, 0.2) is 24.3 Å². The Balaban J connectivity index is 2.50. The summed E-state index contributed by atoms with van der Waals surface area (Å²) in [7, 11) is 0. The maximum Gasteiger partial charge on any atom is 0.341 e. The maximum absolute atomic E-state index is 12.4. The van der Waals surface area contributed by atoms with Crippen LogP contribution in [0.25, 0.3) is 0 Å². The Bertz CT molecular complexity index is 530. The number of nitrogens with zero attached hydrogens (tertiary/aromatic N) is 1. The summed E-state index contributed by atoms with van der Waals surface area (Å²) in [5.74, 6) is -0.858. The third-order valence-electron chi connectivity index (χ3n) is 3.55. The summed E-state index contributed by atoms with van der Waals surface area (Å²) in [6.45, 7) is 6.23. The quantitative estimate of drug-likeness (QED) is 0.676. The molecule has 1 N–H and O–H groups in total. The predicted molar refractivity (Wildman–Crippen MR) is 77.7 cm³/mol. The highest BCUT2D eigenvalue weighted by molar-refractivity contribution is 6.18. The molecule has 1 aliphatic heterocycles. The number of esters is 1. The number of carbonyl (C=O) groups excluding carboxylic acids is 2. The number of amides is 1. The summed E-state index contributed by atoms with van der Waals surface area (Å²) in [6.07, 6.45) is 0.830. The van der Waals surface area contributed by atoms with Crippen LogP contribution in [0.1, 0.15) is 27.2 Å². The predicted octanol–water partition coefficient (Wildman–Crippen LogP) is 2.18. The molecular formula is C15H20N2O3. The molecule has 0 aliphatic carbocycles. The van der Waals surface area contributed by atoms with Crippen LogP contribution in [0, 0.1) is 0 Å². The van der Waals surface area contributed by atoms with E-state index in [0.717, 1.165) is 17.8 Å². The number of hydrogen-bond donors (Lipinski definition) is 1. The minimum absolute atomic E-state index is 0.253. The number of hydrogen-bond acceptors (Lipinski definition) is 4. The molecule has 20 heavy (non-hydrogen) atoms. The summed E-state index contributed by atoms with van der Waals surface area (Å²) >= 11 is 0. The van der Waals surface area contributed by atoms with Crippen molar-refractivity contribution in [1.29, 1.82) is 0 Å². The number of ether oxygens (including phenoxy) is 1. The van der Waals surface area contributed by atoms with Crippen LogP contribution >= 0.6 is 0 Å². The molecule has 1 heterocycles. The topological polar surface area (TPSA) is 58.6 Å². The van der Waals surface area contributed by atoms with Gasteiger partial charge in [0.05, 0.1) is 18.0 Å². The molecule has 0 bridgehead atoms. The lowest BCUT2D eigenvalue weighted by Crippen LogP contribution is -2.63. The van der Waals surface area contributed by atoms with Gasteiger partial charge in [0, 0.05) is 6.54 Å². The van der Waals surface area contributed by atoms with Crippen molar-refractivity contribution in [2.24, 2.45) is 0 Å². The summed E-state index contributed by atoms with van der Waals surface area (Å²) in [5.41, 5.74) is 0.262. The van der Waals surface area contributed by atoms with E-state index in [1.54, 1.807) is 13.8 Å². The second kappa shape index (κ2) is 5.53. The zero-order valence-corrected chi connectivity index (χ0v) is 12.1. The molecule has 108 valence electrons. The highest BCUT2D eigenvalue weighted by Gasteiger charge is 2.51. The Hall–Kier alpha value is -2.04. The van der Waals surface area contributed by atoms with Gasteiger partial charge in [-0.05, 0) is 32.4 Å². The lowest BCUT2D eigenvalue weighted by Gasteiger charge is -2.43. The van der Waals surface area contributed by atoms with Crippen LogP contribution in [0.5, 0.6) is 0 Å². The summed E-state index contributed by atoms with van der Waals surface area (Å²) in [6, 6.07) is 7.49. The number of para-hydroxylation sites is 2. The van der Waals surface area contributed by atoms with E-state index in [1.807, 2.05) is 36.1 Å². The van der Waals surface area contributed by atoms with Crippen LogP contribution in [-0.2, 0) is 14.3 Å². The third kappa shape index (κ3) is 2.13. The highest BCUT2D eigenvalue weighted by Crippen LogP contribution is 2.37. The van der Waals surface area contributed by atoms with Gasteiger partial charge < -0.3 is 15.0 Å². The summed E-state index contributed by atoms with van der Waals surface area (Å²) < 4.78 is 5.10. The Morgan fingerprint density at radius 1 is 1.35 bits per heavy atom. The van der Waals surface area contributed by atoms with Gasteiger partial charge in [0.25, 0.3) is 5.91 Å². The van der Waals surface area contributed by atoms with Crippen molar-refractivity contribution < 1.29 is 14.3 Å². The molecule has 0 radical (unpaired) electrons. The van der Waals surface area contributed by atoms with Gasteiger partial charge in [-0.1, -0.05) is 19.1 Å². The first-order chi connectivity index (χ1) is 9.55. The van der Waals surface area contributed by atoms with E-state index < -0.39 is 11.5 Å². The maximum atomic E-state index is 12.4. The zero-order chi connectivity index (χ0) is 14.8. The van der Waals surface area contributed by atoms with Crippen molar-refractivity contribution in [3.63, 3.8) is 0 Å². The molecule has 1 aromatic carbocycles. The zero-order valence-electron chi connectivity index (χ0n) is 12.1. The van der Waals surface area contributed by atoms with Crippen LogP contribution < -0.4 is 10.2 Å². The normalized spacial score (nSPS) is 21.1. The first-order valence-corrected chi connectivity index (χ1v) is 6.91. The monoisotopic (exact) mass is 276 g/mol. The lowest BCUT2D eigenvalue weighted by molar-refractivity contribution is -0.152. The third-order valence-corrected chi connectivity index (χ3v) is 3.55. The number of carbonyl (C=O) groups is 2. The minimum atomic E-state index is -1.32. The minimum Gasteiger partial charge on any atom is -0.464 e. The van der Waals surface area contributed by atoms with Crippen LogP contribution in [0.4, 0.5) is 11.4 Å². The fraction of sp³-hybridized carbons (Fsp3) is 0.467. The SMILES string of the molecule is CCCN1c2ccccc2NC(=O)C1(C)C(=O)OCC. The highest BCUT2D eigenvalue weighted by atomic mass is 16.5. The van der Waals surface area contributed by atoms with E-state index in [9.17, 15) is 9.59 Å². The van der Waals surface area contributed by atoms with E-state index in [2.05, 4.69) is 5.32 Å². The molecule has 0 fully saturated rings. The van der Waals surface area contributed by atoms with E-state index in [-0.39, 0.29) is 12.5 Å². The molecule has 2 rings (SSSR count). The molecule has 1 amide bonds. The molecular weight excluding hydrogens is 256 g/mol. The fourth-order valence-electron chi connectivity index (χ4n) is 2.46. The van der Waals surface area contributed by atoms with Gasteiger partial charge in [0.1, 0.15) is 0 Å². The van der Waals surface area contributed by atoms with Crippen molar-refractivity contribution in [2.45, 2.75) is 32.7 Å². The van der Waals surface area contributed by atoms with Crippen LogP contribution in [0.2, 0.25) is 0 Å². The van der Waals surface area contributed by atoms with E-state index in [1.165, 1.54) is 0 Å². The van der Waals surface area contributed by atoms with Gasteiger partial charge in [0.2, 0.25) is 5.54 Å². The van der Waals surface area contributed by atoms with Crippen LogP contribution in [0.3, 0.4) is 0 Å². The first kappa shape index (κ1) is 14.4. The lowest BCUT2D eigenvalue weighted by atomic mass is 9.93. The molecule has 1 aromatic rings. The first-order valence-electron chi connectivity index (χ1n) is 6.91. The number of benzene rings is 1. The number of nitrogens with one attached hydrogen (secondary N) is 1. The summed E-state index contributed by atoms with van der Waals surface area (Å²) in [5, 5.41) is 2.80. The number of anilines is 2.